The lowest BCUT2D eigenvalue weighted by atomic mass is 9.90. The molecule has 0 radical (unpaired) electrons. The molecule has 2 aromatic rings. The number of carboxylic acid groups (broad SMARTS) is 1. The van der Waals surface area contributed by atoms with Crippen LogP contribution in [0.15, 0.2) is 53.4 Å². The Balaban J connectivity index is 2.10. The van der Waals surface area contributed by atoms with Gasteiger partial charge in [-0.15, -0.1) is 0 Å². The molecule has 1 fully saturated rings. The van der Waals surface area contributed by atoms with E-state index in [1.807, 2.05) is 19.1 Å². The first-order valence-corrected chi connectivity index (χ1v) is 12.3. The number of aryl methyl sites for hydroxylation is 1. The second-order valence-electron chi connectivity index (χ2n) is 7.08. The zero-order chi connectivity index (χ0) is 21.2. The molecule has 0 saturated carbocycles. The van der Waals surface area contributed by atoms with Crippen LogP contribution in [0.5, 0.6) is 0 Å². The van der Waals surface area contributed by atoms with Gasteiger partial charge < -0.3 is 5.11 Å². The van der Waals surface area contributed by atoms with Crippen LogP contribution in [0.2, 0.25) is 5.02 Å². The Labute approximate surface area is 181 Å². The van der Waals surface area contributed by atoms with Gasteiger partial charge in [0.05, 0.1) is 16.9 Å². The first-order chi connectivity index (χ1) is 13.8. The molecule has 0 aromatic heterocycles. The lowest BCUT2D eigenvalue weighted by Crippen LogP contribution is -2.49. The van der Waals surface area contributed by atoms with Gasteiger partial charge in [-0.05, 0) is 48.4 Å². The largest absolute Gasteiger partial charge is 0.481 e. The SMILES string of the molecule is CCS[C@@H]1C[C@@H](c2ccc(Cl)cc2)N(S(=O)(=O)c2ccccc2C)C[C@H]1C(=O)O. The van der Waals surface area contributed by atoms with Crippen molar-refractivity contribution in [1.29, 1.82) is 0 Å². The van der Waals surface area contributed by atoms with E-state index < -0.39 is 28.0 Å². The molecule has 0 bridgehead atoms. The molecule has 1 aliphatic heterocycles. The van der Waals surface area contributed by atoms with Crippen molar-refractivity contribution in [3.63, 3.8) is 0 Å². The van der Waals surface area contributed by atoms with E-state index in [9.17, 15) is 18.3 Å². The summed E-state index contributed by atoms with van der Waals surface area (Å²) in [7, 11) is -3.88. The predicted octanol–water partition coefficient (Wildman–Crippen LogP) is 4.61. The van der Waals surface area contributed by atoms with E-state index in [4.69, 9.17) is 11.6 Å². The van der Waals surface area contributed by atoms with Crippen LogP contribution in [-0.2, 0) is 14.8 Å². The van der Waals surface area contributed by atoms with E-state index in [-0.39, 0.29) is 16.7 Å². The first-order valence-electron chi connectivity index (χ1n) is 9.43. The number of aliphatic carboxylic acids is 1. The monoisotopic (exact) mass is 453 g/mol. The number of carboxylic acids is 1. The minimum Gasteiger partial charge on any atom is -0.481 e. The number of benzene rings is 2. The maximum Gasteiger partial charge on any atom is 0.308 e. The van der Waals surface area contributed by atoms with Crippen LogP contribution in [0.1, 0.15) is 30.5 Å². The van der Waals surface area contributed by atoms with Crippen LogP contribution >= 0.6 is 23.4 Å². The number of piperidine rings is 1. The van der Waals surface area contributed by atoms with E-state index in [1.165, 1.54) is 4.31 Å². The molecule has 156 valence electrons. The Morgan fingerprint density at radius 1 is 1.21 bits per heavy atom. The predicted molar refractivity (Wildman–Crippen MR) is 117 cm³/mol. The summed E-state index contributed by atoms with van der Waals surface area (Å²) >= 11 is 7.60. The number of thioether (sulfide) groups is 1. The van der Waals surface area contributed by atoms with Gasteiger partial charge in [-0.2, -0.15) is 16.1 Å². The Morgan fingerprint density at radius 3 is 2.45 bits per heavy atom. The minimum atomic E-state index is -3.88. The number of rotatable bonds is 6. The molecule has 0 spiro atoms. The van der Waals surface area contributed by atoms with Gasteiger partial charge in [-0.3, -0.25) is 4.79 Å². The summed E-state index contributed by atoms with van der Waals surface area (Å²) in [6, 6.07) is 13.5. The molecule has 3 rings (SSSR count). The van der Waals surface area contributed by atoms with Gasteiger partial charge in [0.25, 0.3) is 0 Å². The van der Waals surface area contributed by atoms with Gasteiger partial charge in [0, 0.05) is 16.8 Å². The standard InChI is InChI=1S/C21H24ClNO4S2/c1-3-28-19-12-18(15-8-10-16(22)11-9-15)23(13-17(19)21(24)25)29(26,27)20-7-5-4-6-14(20)2/h4-11,17-19H,3,12-13H2,1-2H3,(H,24,25)/t17-,18+,19-/m1/s1. The summed E-state index contributed by atoms with van der Waals surface area (Å²) in [5.74, 6) is -0.954. The van der Waals surface area contributed by atoms with Crippen molar-refractivity contribution in [2.24, 2.45) is 5.92 Å². The highest BCUT2D eigenvalue weighted by molar-refractivity contribution is 7.99. The van der Waals surface area contributed by atoms with E-state index in [2.05, 4.69) is 0 Å². The first kappa shape index (κ1) is 22.2. The second-order valence-corrected chi connectivity index (χ2v) is 10.9. The smallest absolute Gasteiger partial charge is 0.308 e. The van der Waals surface area contributed by atoms with Crippen molar-refractivity contribution in [3.8, 4) is 0 Å². The van der Waals surface area contributed by atoms with Crippen LogP contribution in [0.25, 0.3) is 0 Å². The van der Waals surface area contributed by atoms with Crippen LogP contribution in [0.3, 0.4) is 0 Å². The van der Waals surface area contributed by atoms with Gasteiger partial charge in [-0.25, -0.2) is 8.42 Å². The molecule has 3 atom stereocenters. The highest BCUT2D eigenvalue weighted by Gasteiger charge is 2.45. The molecule has 1 saturated heterocycles. The van der Waals surface area contributed by atoms with Crippen molar-refractivity contribution >= 4 is 39.4 Å². The minimum absolute atomic E-state index is 0.0586. The number of carbonyl (C=O) groups is 1. The quantitative estimate of drug-likeness (QED) is 0.691. The van der Waals surface area contributed by atoms with Gasteiger partial charge in [-0.1, -0.05) is 48.9 Å². The third-order valence-corrected chi connectivity index (χ3v) is 8.83. The number of halogens is 1. The Morgan fingerprint density at radius 2 is 1.86 bits per heavy atom. The average Bonchev–Trinajstić information content (AvgIpc) is 2.68. The maximum atomic E-state index is 13.6. The van der Waals surface area contributed by atoms with Crippen molar-refractivity contribution in [1.82, 2.24) is 4.31 Å². The van der Waals surface area contributed by atoms with Gasteiger partial charge in [0.2, 0.25) is 10.0 Å². The molecule has 8 heteroatoms. The summed E-state index contributed by atoms with van der Waals surface area (Å²) in [4.78, 5) is 12.2. The summed E-state index contributed by atoms with van der Waals surface area (Å²) in [5, 5.41) is 10.2. The van der Waals surface area contributed by atoms with Crippen LogP contribution in [0, 0.1) is 12.8 Å². The molecular weight excluding hydrogens is 430 g/mol. The lowest BCUT2D eigenvalue weighted by Gasteiger charge is -2.42. The van der Waals surface area contributed by atoms with Crippen LogP contribution in [-0.4, -0.2) is 41.3 Å². The summed E-state index contributed by atoms with van der Waals surface area (Å²) in [6.45, 7) is 3.67. The normalized spacial score (nSPS) is 23.1. The average molecular weight is 454 g/mol. The second kappa shape index (κ2) is 9.08. The highest BCUT2D eigenvalue weighted by atomic mass is 35.5. The maximum absolute atomic E-state index is 13.6. The molecule has 1 heterocycles. The zero-order valence-electron chi connectivity index (χ0n) is 16.3. The van der Waals surface area contributed by atoms with Crippen molar-refractivity contribution in [2.75, 3.05) is 12.3 Å². The van der Waals surface area contributed by atoms with Gasteiger partial charge in [0.15, 0.2) is 0 Å². The fourth-order valence-electron chi connectivity index (χ4n) is 3.80. The summed E-state index contributed by atoms with van der Waals surface area (Å²) < 4.78 is 28.5. The van der Waals surface area contributed by atoms with Crippen LogP contribution in [0.4, 0.5) is 0 Å². The molecule has 0 unspecified atom stereocenters. The Hall–Kier alpha value is -1.54. The van der Waals surface area contributed by atoms with Crippen molar-refractivity contribution < 1.29 is 18.3 Å². The van der Waals surface area contributed by atoms with Crippen molar-refractivity contribution in [3.05, 3.63) is 64.7 Å². The highest BCUT2D eigenvalue weighted by Crippen LogP contribution is 2.42. The molecule has 2 aromatic carbocycles. The fraction of sp³-hybridized carbons (Fsp3) is 0.381. The zero-order valence-corrected chi connectivity index (χ0v) is 18.7. The number of hydrogen-bond acceptors (Lipinski definition) is 4. The van der Waals surface area contributed by atoms with Crippen molar-refractivity contribution in [2.45, 2.75) is 36.5 Å². The Bertz CT molecular complexity index is 978. The third kappa shape index (κ3) is 4.63. The van der Waals surface area contributed by atoms with E-state index >= 15 is 0 Å². The fourth-order valence-corrected chi connectivity index (χ4v) is 6.99. The molecule has 0 amide bonds. The van der Waals surface area contributed by atoms with Gasteiger partial charge >= 0.3 is 5.97 Å². The Kier molecular flexibility index (Phi) is 6.94. The van der Waals surface area contributed by atoms with Gasteiger partial charge in [0.1, 0.15) is 0 Å². The summed E-state index contributed by atoms with van der Waals surface area (Å²) in [5.41, 5.74) is 1.45. The number of nitrogens with zero attached hydrogens (tertiary/aromatic N) is 1. The lowest BCUT2D eigenvalue weighted by molar-refractivity contribution is -0.143. The van der Waals surface area contributed by atoms with Crippen LogP contribution < -0.4 is 0 Å². The number of sulfonamides is 1. The van der Waals surface area contributed by atoms with E-state index in [0.717, 1.165) is 11.3 Å². The summed E-state index contributed by atoms with van der Waals surface area (Å²) in [6.07, 6.45) is 0.433. The van der Waals surface area contributed by atoms with E-state index in [0.29, 0.717) is 17.0 Å². The number of hydrogen-bond donors (Lipinski definition) is 1. The topological polar surface area (TPSA) is 74.7 Å². The van der Waals surface area contributed by atoms with E-state index in [1.54, 1.807) is 55.1 Å². The molecule has 1 aliphatic rings. The molecule has 0 aliphatic carbocycles. The third-order valence-electron chi connectivity index (χ3n) is 5.26. The molecule has 1 N–H and O–H groups in total. The molecule has 29 heavy (non-hydrogen) atoms. The molecule has 5 nitrogen and oxygen atoms in total. The molecular formula is C21H24ClNO4S2.